The van der Waals surface area contributed by atoms with Crippen LogP contribution in [-0.4, -0.2) is 6.10 Å². The first-order valence-corrected chi connectivity index (χ1v) is 8.58. The number of hydrogen-bond acceptors (Lipinski definition) is 1. The van der Waals surface area contributed by atoms with Crippen LogP contribution in [0, 0.1) is 5.92 Å². The molecule has 3 rings (SSSR count). The van der Waals surface area contributed by atoms with E-state index in [1.54, 1.807) is 0 Å². The normalized spacial score (nSPS) is 22.4. The summed E-state index contributed by atoms with van der Waals surface area (Å²) in [5, 5.41) is 2.45. The molecule has 112 valence electrons. The molecule has 21 heavy (non-hydrogen) atoms. The van der Waals surface area contributed by atoms with Gasteiger partial charge in [-0.1, -0.05) is 43.7 Å². The van der Waals surface area contributed by atoms with E-state index in [1.807, 2.05) is 0 Å². The highest BCUT2D eigenvalue weighted by Gasteiger charge is 2.22. The molecule has 0 unspecified atom stereocenters. The fourth-order valence-corrected chi connectivity index (χ4v) is 3.68. The zero-order valence-corrected chi connectivity index (χ0v) is 13.4. The van der Waals surface area contributed by atoms with Gasteiger partial charge in [0.15, 0.2) is 0 Å². The van der Waals surface area contributed by atoms with Crippen LogP contribution in [0.25, 0.3) is 10.8 Å². The average Bonchev–Trinajstić information content (AvgIpc) is 2.55. The Morgan fingerprint density at radius 1 is 1.05 bits per heavy atom. The molecule has 1 nitrogen and oxygen atoms in total. The molecule has 0 radical (unpaired) electrons. The van der Waals surface area contributed by atoms with E-state index in [0.29, 0.717) is 12.0 Å². The zero-order valence-electron chi connectivity index (χ0n) is 12.6. The molecule has 0 saturated heterocycles. The van der Waals surface area contributed by atoms with E-state index < -0.39 is 0 Å². The summed E-state index contributed by atoms with van der Waals surface area (Å²) in [5.41, 5.74) is 1.13. The molecular weight excluding hydrogens is 280 g/mol. The molecule has 0 spiro atoms. The van der Waals surface area contributed by atoms with Crippen molar-refractivity contribution >= 4 is 22.4 Å². The summed E-state index contributed by atoms with van der Waals surface area (Å²) in [5.74, 6) is 2.37. The van der Waals surface area contributed by atoms with Crippen LogP contribution in [0.3, 0.4) is 0 Å². The lowest BCUT2D eigenvalue weighted by atomic mass is 9.86. The van der Waals surface area contributed by atoms with Crippen LogP contribution >= 0.6 is 11.6 Å². The van der Waals surface area contributed by atoms with Crippen LogP contribution in [0.1, 0.15) is 44.6 Å². The van der Waals surface area contributed by atoms with Crippen molar-refractivity contribution < 1.29 is 4.74 Å². The lowest BCUT2D eigenvalue weighted by Crippen LogP contribution is -2.24. The maximum atomic E-state index is 6.29. The van der Waals surface area contributed by atoms with Crippen molar-refractivity contribution in [3.8, 4) is 5.75 Å². The average molecular weight is 303 g/mol. The Labute approximate surface area is 132 Å². The third-order valence-electron chi connectivity index (χ3n) is 4.80. The minimum absolute atomic E-state index is 0.357. The number of fused-ring (bicyclic) bond motifs is 1. The summed E-state index contributed by atoms with van der Waals surface area (Å²) >= 11 is 6.19. The van der Waals surface area contributed by atoms with E-state index >= 15 is 0 Å². The number of halogens is 1. The van der Waals surface area contributed by atoms with Crippen LogP contribution in [0.15, 0.2) is 36.4 Å². The largest absolute Gasteiger partial charge is 0.490 e. The number of rotatable bonds is 4. The molecule has 0 atom stereocenters. The lowest BCUT2D eigenvalue weighted by molar-refractivity contribution is 0.129. The van der Waals surface area contributed by atoms with Crippen molar-refractivity contribution in [2.75, 3.05) is 0 Å². The molecule has 2 aromatic carbocycles. The Bertz CT molecular complexity index is 600. The zero-order chi connectivity index (χ0) is 14.7. The van der Waals surface area contributed by atoms with Crippen molar-refractivity contribution in [2.45, 2.75) is 51.0 Å². The van der Waals surface area contributed by atoms with E-state index in [4.69, 9.17) is 16.3 Å². The van der Waals surface area contributed by atoms with E-state index in [-0.39, 0.29) is 0 Å². The van der Waals surface area contributed by atoms with Gasteiger partial charge in [-0.15, -0.1) is 11.6 Å². The summed E-state index contributed by atoms with van der Waals surface area (Å²) < 4.78 is 6.29. The van der Waals surface area contributed by atoms with Gasteiger partial charge in [0.05, 0.1) is 12.0 Å². The van der Waals surface area contributed by atoms with Crippen LogP contribution in [0.2, 0.25) is 0 Å². The van der Waals surface area contributed by atoms with Gasteiger partial charge in [0.1, 0.15) is 5.75 Å². The second kappa shape index (κ2) is 6.70. The minimum Gasteiger partial charge on any atom is -0.490 e. The van der Waals surface area contributed by atoms with Crippen molar-refractivity contribution in [2.24, 2.45) is 5.92 Å². The molecule has 0 aromatic heterocycles. The van der Waals surface area contributed by atoms with Gasteiger partial charge in [-0.2, -0.15) is 0 Å². The third kappa shape index (κ3) is 3.18. The highest BCUT2D eigenvalue weighted by atomic mass is 35.5. The second-order valence-corrected chi connectivity index (χ2v) is 6.33. The molecule has 2 aromatic rings. The van der Waals surface area contributed by atoms with Crippen molar-refractivity contribution in [3.63, 3.8) is 0 Å². The fourth-order valence-electron chi connectivity index (χ4n) is 3.40. The summed E-state index contributed by atoms with van der Waals surface area (Å²) in [6.45, 7) is 2.29. The highest BCUT2D eigenvalue weighted by Crippen LogP contribution is 2.34. The van der Waals surface area contributed by atoms with Crippen molar-refractivity contribution in [1.29, 1.82) is 0 Å². The minimum atomic E-state index is 0.357. The number of ether oxygens (including phenoxy) is 1. The molecule has 0 heterocycles. The second-order valence-electron chi connectivity index (χ2n) is 6.07. The molecule has 1 aliphatic carbocycles. The van der Waals surface area contributed by atoms with Crippen LogP contribution in [0.5, 0.6) is 5.75 Å². The fraction of sp³-hybridized carbons (Fsp3) is 0.474. The first-order chi connectivity index (χ1) is 10.3. The standard InChI is InChI=1S/C19H23ClO/c1-2-14-7-10-16(11-8-14)21-19-12-9-15-5-3-4-6-17(15)18(19)13-20/h3-6,9,12,14,16H,2,7-8,10-11,13H2,1H3. The molecular formula is C19H23ClO. The number of benzene rings is 2. The molecule has 0 amide bonds. The number of alkyl halides is 1. The Morgan fingerprint density at radius 2 is 1.81 bits per heavy atom. The quantitative estimate of drug-likeness (QED) is 0.636. The van der Waals surface area contributed by atoms with Gasteiger partial charge in [0.25, 0.3) is 0 Å². The number of hydrogen-bond donors (Lipinski definition) is 0. The lowest BCUT2D eigenvalue weighted by Gasteiger charge is -2.29. The molecule has 2 heteroatoms. The SMILES string of the molecule is CCC1CCC(Oc2ccc3ccccc3c2CCl)CC1. The topological polar surface area (TPSA) is 9.23 Å². The Hall–Kier alpha value is -1.21. The Kier molecular flexibility index (Phi) is 4.70. The van der Waals surface area contributed by atoms with Gasteiger partial charge in [-0.3, -0.25) is 0 Å². The summed E-state index contributed by atoms with van der Waals surface area (Å²) in [6, 6.07) is 12.6. The summed E-state index contributed by atoms with van der Waals surface area (Å²) in [7, 11) is 0. The van der Waals surface area contributed by atoms with Gasteiger partial charge in [0, 0.05) is 5.56 Å². The first-order valence-electron chi connectivity index (χ1n) is 8.05. The first kappa shape index (κ1) is 14.7. The van der Waals surface area contributed by atoms with Gasteiger partial charge in [0.2, 0.25) is 0 Å². The molecule has 0 N–H and O–H groups in total. The Balaban J connectivity index is 1.81. The maximum Gasteiger partial charge on any atom is 0.124 e. The molecule has 1 aliphatic rings. The van der Waals surface area contributed by atoms with Gasteiger partial charge in [-0.25, -0.2) is 0 Å². The van der Waals surface area contributed by atoms with Gasteiger partial charge >= 0.3 is 0 Å². The molecule has 0 aliphatic heterocycles. The van der Waals surface area contributed by atoms with Crippen molar-refractivity contribution in [1.82, 2.24) is 0 Å². The van der Waals surface area contributed by atoms with Gasteiger partial charge < -0.3 is 4.74 Å². The molecule has 1 fully saturated rings. The van der Waals surface area contributed by atoms with Crippen LogP contribution in [-0.2, 0) is 5.88 Å². The highest BCUT2D eigenvalue weighted by molar-refractivity contribution is 6.18. The predicted molar refractivity (Wildman–Crippen MR) is 90.2 cm³/mol. The molecule has 0 bridgehead atoms. The predicted octanol–water partition coefficient (Wildman–Crippen LogP) is 5.93. The summed E-state index contributed by atoms with van der Waals surface area (Å²) in [6.07, 6.45) is 6.60. The van der Waals surface area contributed by atoms with E-state index in [9.17, 15) is 0 Å². The molecule has 1 saturated carbocycles. The smallest absolute Gasteiger partial charge is 0.124 e. The van der Waals surface area contributed by atoms with Gasteiger partial charge in [-0.05, 0) is 48.4 Å². The Morgan fingerprint density at radius 3 is 2.52 bits per heavy atom. The van der Waals surface area contributed by atoms with Crippen molar-refractivity contribution in [3.05, 3.63) is 42.0 Å². The van der Waals surface area contributed by atoms with Crippen LogP contribution in [0.4, 0.5) is 0 Å². The van der Waals surface area contributed by atoms with E-state index in [2.05, 4.69) is 43.3 Å². The summed E-state index contributed by atoms with van der Waals surface area (Å²) in [4.78, 5) is 0. The van der Waals surface area contributed by atoms with E-state index in [1.165, 1.54) is 42.9 Å². The monoisotopic (exact) mass is 302 g/mol. The van der Waals surface area contributed by atoms with Crippen LogP contribution < -0.4 is 4.74 Å². The van der Waals surface area contributed by atoms with E-state index in [0.717, 1.165) is 17.2 Å². The maximum absolute atomic E-state index is 6.29. The third-order valence-corrected chi connectivity index (χ3v) is 5.06.